The van der Waals surface area contributed by atoms with E-state index in [9.17, 15) is 0 Å². The summed E-state index contributed by atoms with van der Waals surface area (Å²) in [4.78, 5) is 0. The first kappa shape index (κ1) is 18.8. The molecule has 0 atom stereocenters. The van der Waals surface area contributed by atoms with Crippen molar-refractivity contribution in [2.75, 3.05) is 0 Å². The Bertz CT molecular complexity index is 825. The smallest absolute Gasteiger partial charge is 0.119 e. The van der Waals surface area contributed by atoms with Gasteiger partial charge in [-0.2, -0.15) is 0 Å². The maximum absolute atomic E-state index is 6.16. The Hall–Kier alpha value is -2.00. The lowest BCUT2D eigenvalue weighted by atomic mass is 10.1. The molecule has 0 aliphatic heterocycles. The summed E-state index contributed by atoms with van der Waals surface area (Å²) in [6.07, 6.45) is 0. The summed E-state index contributed by atoms with van der Waals surface area (Å²) < 4.78 is 5.80. The second-order valence-corrected chi connectivity index (χ2v) is 7.04. The van der Waals surface area contributed by atoms with E-state index < -0.39 is 0 Å². The number of aryl methyl sites for hydroxylation is 1. The van der Waals surface area contributed by atoms with Gasteiger partial charge >= 0.3 is 0 Å². The van der Waals surface area contributed by atoms with Crippen molar-refractivity contribution in [2.24, 2.45) is 0 Å². The standard InChI is InChI=1S/C22H21Cl2NO/c1-16-5-7-17(8-6-16)13-25-14-18-9-11-19(12-10-18)26-15-20-21(23)3-2-4-22(20)24/h2-12,25H,13-15H2,1H3. The molecule has 2 nitrogen and oxygen atoms in total. The van der Waals surface area contributed by atoms with Crippen molar-refractivity contribution in [3.63, 3.8) is 0 Å². The van der Waals surface area contributed by atoms with E-state index in [1.807, 2.05) is 30.3 Å². The molecular weight excluding hydrogens is 365 g/mol. The van der Waals surface area contributed by atoms with Crippen molar-refractivity contribution in [1.29, 1.82) is 0 Å². The molecule has 0 saturated heterocycles. The van der Waals surface area contributed by atoms with Crippen molar-refractivity contribution in [3.8, 4) is 5.75 Å². The van der Waals surface area contributed by atoms with Crippen molar-refractivity contribution in [2.45, 2.75) is 26.6 Å². The summed E-state index contributed by atoms with van der Waals surface area (Å²) in [5, 5.41) is 4.69. The molecule has 0 aliphatic rings. The summed E-state index contributed by atoms with van der Waals surface area (Å²) in [6.45, 7) is 4.11. The third kappa shape index (κ3) is 5.25. The summed E-state index contributed by atoms with van der Waals surface area (Å²) in [6, 6.07) is 22.1. The predicted octanol–water partition coefficient (Wildman–Crippen LogP) is 6.17. The van der Waals surface area contributed by atoms with Crippen LogP contribution in [-0.4, -0.2) is 0 Å². The molecule has 0 unspecified atom stereocenters. The second-order valence-electron chi connectivity index (χ2n) is 6.22. The lowest BCUT2D eigenvalue weighted by Gasteiger charge is -2.10. The fraction of sp³-hybridized carbons (Fsp3) is 0.182. The molecule has 0 spiro atoms. The molecule has 0 saturated carbocycles. The topological polar surface area (TPSA) is 21.3 Å². The number of ether oxygens (including phenoxy) is 1. The Morgan fingerprint density at radius 2 is 1.31 bits per heavy atom. The average Bonchev–Trinajstić information content (AvgIpc) is 2.64. The van der Waals surface area contributed by atoms with Gasteiger partial charge in [0.15, 0.2) is 0 Å². The van der Waals surface area contributed by atoms with Gasteiger partial charge in [0.05, 0.1) is 0 Å². The summed E-state index contributed by atoms with van der Waals surface area (Å²) in [7, 11) is 0. The van der Waals surface area contributed by atoms with Crippen molar-refractivity contribution >= 4 is 23.2 Å². The van der Waals surface area contributed by atoms with Crippen LogP contribution in [0.3, 0.4) is 0 Å². The lowest BCUT2D eigenvalue weighted by molar-refractivity contribution is 0.306. The third-order valence-electron chi connectivity index (χ3n) is 4.15. The highest BCUT2D eigenvalue weighted by atomic mass is 35.5. The zero-order chi connectivity index (χ0) is 18.4. The summed E-state index contributed by atoms with van der Waals surface area (Å²) in [5.41, 5.74) is 4.58. The molecule has 0 fully saturated rings. The van der Waals surface area contributed by atoms with Gasteiger partial charge in [0.1, 0.15) is 12.4 Å². The molecule has 26 heavy (non-hydrogen) atoms. The van der Waals surface area contributed by atoms with Gasteiger partial charge in [-0.05, 0) is 42.3 Å². The monoisotopic (exact) mass is 385 g/mol. The summed E-state index contributed by atoms with van der Waals surface area (Å²) >= 11 is 12.3. The Morgan fingerprint density at radius 3 is 1.88 bits per heavy atom. The molecule has 0 bridgehead atoms. The number of hydrogen-bond acceptors (Lipinski definition) is 2. The van der Waals surface area contributed by atoms with Gasteiger partial charge < -0.3 is 10.1 Å². The maximum Gasteiger partial charge on any atom is 0.119 e. The molecule has 0 aromatic heterocycles. The molecule has 0 radical (unpaired) electrons. The largest absolute Gasteiger partial charge is 0.489 e. The second kappa shape index (κ2) is 9.09. The fourth-order valence-corrected chi connectivity index (χ4v) is 3.09. The first-order valence-electron chi connectivity index (χ1n) is 8.53. The number of hydrogen-bond donors (Lipinski definition) is 1. The number of benzene rings is 3. The van der Waals surface area contributed by atoms with Gasteiger partial charge in [-0.1, -0.05) is 71.2 Å². The highest BCUT2D eigenvalue weighted by molar-refractivity contribution is 6.35. The molecule has 0 heterocycles. The Kier molecular flexibility index (Phi) is 6.56. The van der Waals surface area contributed by atoms with Crippen molar-refractivity contribution in [1.82, 2.24) is 5.32 Å². The molecule has 1 N–H and O–H groups in total. The third-order valence-corrected chi connectivity index (χ3v) is 4.86. The van der Waals surface area contributed by atoms with Crippen LogP contribution in [0.1, 0.15) is 22.3 Å². The Labute approximate surface area is 164 Å². The zero-order valence-electron chi connectivity index (χ0n) is 14.6. The van der Waals surface area contributed by atoms with Crippen LogP contribution in [0.25, 0.3) is 0 Å². The van der Waals surface area contributed by atoms with Gasteiger partial charge in [-0.3, -0.25) is 0 Å². The first-order chi connectivity index (χ1) is 12.6. The van der Waals surface area contributed by atoms with Crippen LogP contribution in [0, 0.1) is 6.92 Å². The average molecular weight is 386 g/mol. The normalized spacial score (nSPS) is 10.7. The van der Waals surface area contributed by atoms with Crippen LogP contribution in [0.15, 0.2) is 66.7 Å². The van der Waals surface area contributed by atoms with E-state index in [-0.39, 0.29) is 0 Å². The Morgan fingerprint density at radius 1 is 0.769 bits per heavy atom. The van der Waals surface area contributed by atoms with Gasteiger partial charge in [0.2, 0.25) is 0 Å². The van der Waals surface area contributed by atoms with E-state index in [2.05, 4.69) is 48.6 Å². The quantitative estimate of drug-likeness (QED) is 0.524. The van der Waals surface area contributed by atoms with Gasteiger partial charge in [0, 0.05) is 28.7 Å². The van der Waals surface area contributed by atoms with Crippen LogP contribution >= 0.6 is 23.2 Å². The van der Waals surface area contributed by atoms with Gasteiger partial charge in [0.25, 0.3) is 0 Å². The van der Waals surface area contributed by atoms with E-state index in [0.717, 1.165) is 24.4 Å². The van der Waals surface area contributed by atoms with Crippen LogP contribution in [0.2, 0.25) is 10.0 Å². The molecule has 3 rings (SSSR count). The van der Waals surface area contributed by atoms with Gasteiger partial charge in [-0.25, -0.2) is 0 Å². The molecular formula is C22H21Cl2NO. The lowest BCUT2D eigenvalue weighted by Crippen LogP contribution is -2.12. The SMILES string of the molecule is Cc1ccc(CNCc2ccc(OCc3c(Cl)cccc3Cl)cc2)cc1. The maximum atomic E-state index is 6.16. The predicted molar refractivity (Wildman–Crippen MR) is 109 cm³/mol. The van der Waals surface area contributed by atoms with Crippen LogP contribution in [-0.2, 0) is 19.7 Å². The summed E-state index contributed by atoms with van der Waals surface area (Å²) in [5.74, 6) is 0.795. The van der Waals surface area contributed by atoms with E-state index >= 15 is 0 Å². The van der Waals surface area contributed by atoms with E-state index in [1.165, 1.54) is 16.7 Å². The number of nitrogens with one attached hydrogen (secondary N) is 1. The number of halogens is 2. The molecule has 3 aromatic carbocycles. The van der Waals surface area contributed by atoms with E-state index in [0.29, 0.717) is 16.7 Å². The van der Waals surface area contributed by atoms with E-state index in [4.69, 9.17) is 27.9 Å². The minimum absolute atomic E-state index is 0.351. The zero-order valence-corrected chi connectivity index (χ0v) is 16.1. The highest BCUT2D eigenvalue weighted by Crippen LogP contribution is 2.26. The van der Waals surface area contributed by atoms with Crippen molar-refractivity contribution in [3.05, 3.63) is 99.0 Å². The van der Waals surface area contributed by atoms with Crippen LogP contribution in [0.5, 0.6) is 5.75 Å². The molecule has 3 aromatic rings. The molecule has 0 aliphatic carbocycles. The molecule has 4 heteroatoms. The minimum atomic E-state index is 0.351. The van der Waals surface area contributed by atoms with Crippen LogP contribution in [0.4, 0.5) is 0 Å². The van der Waals surface area contributed by atoms with Crippen LogP contribution < -0.4 is 10.1 Å². The molecule has 134 valence electrons. The fourth-order valence-electron chi connectivity index (χ4n) is 2.59. The van der Waals surface area contributed by atoms with Crippen molar-refractivity contribution < 1.29 is 4.74 Å². The Balaban J connectivity index is 1.49. The minimum Gasteiger partial charge on any atom is -0.489 e. The highest BCUT2D eigenvalue weighted by Gasteiger charge is 2.06. The van der Waals surface area contributed by atoms with E-state index in [1.54, 1.807) is 0 Å². The number of rotatable bonds is 7. The molecule has 0 amide bonds. The van der Waals surface area contributed by atoms with Gasteiger partial charge in [-0.15, -0.1) is 0 Å². The first-order valence-corrected chi connectivity index (χ1v) is 9.28.